The predicted octanol–water partition coefficient (Wildman–Crippen LogP) is 3.83. The zero-order valence-corrected chi connectivity index (χ0v) is 16.1. The molecule has 0 spiro atoms. The van der Waals surface area contributed by atoms with Crippen LogP contribution in [0.25, 0.3) is 6.08 Å². The number of esters is 1. The van der Waals surface area contributed by atoms with Crippen LogP contribution < -0.4 is 5.32 Å². The number of thiophene rings is 1. The molecule has 1 aromatic carbocycles. The minimum Gasteiger partial charge on any atom is -0.465 e. The lowest BCUT2D eigenvalue weighted by atomic mass is 10.0. The van der Waals surface area contributed by atoms with Crippen molar-refractivity contribution in [2.24, 2.45) is 0 Å². The summed E-state index contributed by atoms with van der Waals surface area (Å²) in [6.45, 7) is 1.64. The number of methoxy groups -OCH3 is 1. The quantitative estimate of drug-likeness (QED) is 0.636. The molecule has 1 aromatic heterocycles. The molecule has 0 atom stereocenters. The maximum Gasteiger partial charge on any atom is 0.341 e. The van der Waals surface area contributed by atoms with Crippen molar-refractivity contribution in [2.45, 2.75) is 13.0 Å². The molecule has 136 valence electrons. The minimum absolute atomic E-state index is 0.294. The molecule has 2 heterocycles. The van der Waals surface area contributed by atoms with Crippen molar-refractivity contribution in [3.8, 4) is 0 Å². The van der Waals surface area contributed by atoms with Crippen molar-refractivity contribution in [3.05, 3.63) is 56.9 Å². The van der Waals surface area contributed by atoms with Gasteiger partial charge in [0.15, 0.2) is 0 Å². The first-order valence-corrected chi connectivity index (χ1v) is 9.33. The molecule has 7 heteroatoms. The van der Waals surface area contributed by atoms with Crippen molar-refractivity contribution in [3.63, 3.8) is 0 Å². The Morgan fingerprint density at radius 1 is 1.31 bits per heavy atom. The van der Waals surface area contributed by atoms with Gasteiger partial charge in [-0.25, -0.2) is 4.79 Å². The summed E-state index contributed by atoms with van der Waals surface area (Å²) in [5, 5.41) is 4.01. The van der Waals surface area contributed by atoms with Crippen molar-refractivity contribution in [1.82, 2.24) is 4.90 Å². The lowest BCUT2D eigenvalue weighted by molar-refractivity contribution is -0.111. The van der Waals surface area contributed by atoms with Crippen LogP contribution in [0.2, 0.25) is 5.02 Å². The van der Waals surface area contributed by atoms with Crippen molar-refractivity contribution < 1.29 is 14.3 Å². The van der Waals surface area contributed by atoms with Gasteiger partial charge in [-0.05, 0) is 42.8 Å². The Bertz CT molecular complexity index is 858. The number of halogens is 1. The Kier molecular flexibility index (Phi) is 5.76. The number of nitrogens with zero attached hydrogens (tertiary/aromatic N) is 1. The second-order valence-electron chi connectivity index (χ2n) is 6.06. The van der Waals surface area contributed by atoms with E-state index >= 15 is 0 Å². The highest BCUT2D eigenvalue weighted by molar-refractivity contribution is 7.17. The van der Waals surface area contributed by atoms with Crippen LogP contribution in [0.1, 0.15) is 26.4 Å². The van der Waals surface area contributed by atoms with E-state index in [1.54, 1.807) is 18.2 Å². The number of fused-ring (bicyclic) bond motifs is 1. The van der Waals surface area contributed by atoms with Crippen LogP contribution in [0.3, 0.4) is 0 Å². The van der Waals surface area contributed by atoms with E-state index in [0.29, 0.717) is 15.6 Å². The Balaban J connectivity index is 1.81. The van der Waals surface area contributed by atoms with Gasteiger partial charge < -0.3 is 15.0 Å². The molecule has 3 rings (SSSR count). The number of likely N-dealkylation sites (N-methyl/N-ethyl adjacent to an activating group) is 1. The van der Waals surface area contributed by atoms with Crippen LogP contribution in [-0.4, -0.2) is 37.5 Å². The number of nitrogens with one attached hydrogen (secondary N) is 1. The molecule has 0 saturated heterocycles. The van der Waals surface area contributed by atoms with Gasteiger partial charge in [0.1, 0.15) is 5.00 Å². The molecule has 0 aliphatic carbocycles. The van der Waals surface area contributed by atoms with Crippen LogP contribution in [0.15, 0.2) is 30.3 Å². The highest BCUT2D eigenvalue weighted by atomic mass is 35.5. The van der Waals surface area contributed by atoms with Gasteiger partial charge in [-0.1, -0.05) is 23.7 Å². The van der Waals surface area contributed by atoms with Gasteiger partial charge in [0, 0.05) is 29.1 Å². The smallest absolute Gasteiger partial charge is 0.341 e. The summed E-state index contributed by atoms with van der Waals surface area (Å²) in [7, 11) is 3.39. The molecule has 0 bridgehead atoms. The fraction of sp³-hybridized carbons (Fsp3) is 0.263. The highest BCUT2D eigenvalue weighted by Crippen LogP contribution is 2.37. The van der Waals surface area contributed by atoms with Gasteiger partial charge >= 0.3 is 5.97 Å². The fourth-order valence-electron chi connectivity index (χ4n) is 2.84. The van der Waals surface area contributed by atoms with Gasteiger partial charge in [0.05, 0.1) is 12.7 Å². The van der Waals surface area contributed by atoms with E-state index in [9.17, 15) is 9.59 Å². The average Bonchev–Trinajstić information content (AvgIpc) is 2.97. The minimum atomic E-state index is -0.413. The first kappa shape index (κ1) is 18.6. The molecule has 0 saturated carbocycles. The fourth-order valence-corrected chi connectivity index (χ4v) is 4.28. The molecule has 0 radical (unpaired) electrons. The third-order valence-corrected chi connectivity index (χ3v) is 5.56. The van der Waals surface area contributed by atoms with Crippen molar-refractivity contribution in [1.29, 1.82) is 0 Å². The zero-order chi connectivity index (χ0) is 18.7. The Morgan fingerprint density at radius 2 is 2.04 bits per heavy atom. The number of carbonyl (C=O) groups is 2. The SMILES string of the molecule is COC(=O)c1c(NC(=O)/C=C/c2ccc(Cl)cc2)sc2c1CCN(C)C2. The second kappa shape index (κ2) is 8.03. The van der Waals surface area contributed by atoms with Crippen molar-refractivity contribution in [2.75, 3.05) is 26.0 Å². The maximum atomic E-state index is 12.3. The maximum absolute atomic E-state index is 12.3. The largest absolute Gasteiger partial charge is 0.465 e. The summed E-state index contributed by atoms with van der Waals surface area (Å²) < 4.78 is 4.92. The number of ether oxygens (including phenoxy) is 1. The molecule has 1 N–H and O–H groups in total. The number of carbonyl (C=O) groups excluding carboxylic acids is 2. The summed E-state index contributed by atoms with van der Waals surface area (Å²) in [6.07, 6.45) is 3.91. The van der Waals surface area contributed by atoms with E-state index in [1.807, 2.05) is 19.2 Å². The monoisotopic (exact) mass is 390 g/mol. The Hall–Kier alpha value is -2.15. The van der Waals surface area contributed by atoms with Crippen LogP contribution in [0.4, 0.5) is 5.00 Å². The summed E-state index contributed by atoms with van der Waals surface area (Å²) in [6, 6.07) is 7.17. The Morgan fingerprint density at radius 3 is 2.73 bits per heavy atom. The van der Waals surface area contributed by atoms with Gasteiger partial charge in [-0.15, -0.1) is 11.3 Å². The molecular weight excluding hydrogens is 372 g/mol. The lowest BCUT2D eigenvalue weighted by Crippen LogP contribution is -2.26. The number of anilines is 1. The van der Waals surface area contributed by atoms with E-state index in [0.717, 1.165) is 35.5 Å². The average molecular weight is 391 g/mol. The van der Waals surface area contributed by atoms with E-state index in [-0.39, 0.29) is 5.91 Å². The third-order valence-electron chi connectivity index (χ3n) is 4.17. The predicted molar refractivity (Wildman–Crippen MR) is 105 cm³/mol. The molecule has 5 nitrogen and oxygen atoms in total. The van der Waals surface area contributed by atoms with Gasteiger partial charge in [-0.2, -0.15) is 0 Å². The van der Waals surface area contributed by atoms with E-state index in [1.165, 1.54) is 24.5 Å². The van der Waals surface area contributed by atoms with Crippen LogP contribution in [-0.2, 0) is 22.5 Å². The van der Waals surface area contributed by atoms with Crippen molar-refractivity contribution >= 4 is 45.9 Å². The number of amides is 1. The molecule has 1 aliphatic rings. The molecule has 2 aromatic rings. The topological polar surface area (TPSA) is 58.6 Å². The third kappa shape index (κ3) is 4.15. The number of hydrogen-bond acceptors (Lipinski definition) is 5. The van der Waals surface area contributed by atoms with E-state index < -0.39 is 5.97 Å². The number of benzene rings is 1. The Labute approximate surface area is 161 Å². The standard InChI is InChI=1S/C19H19ClN2O3S/c1-22-10-9-14-15(11-22)26-18(17(14)19(24)25-2)21-16(23)8-5-12-3-6-13(20)7-4-12/h3-8H,9-11H2,1-2H3,(H,21,23)/b8-5+. The summed E-state index contributed by atoms with van der Waals surface area (Å²) in [5.41, 5.74) is 2.33. The lowest BCUT2D eigenvalue weighted by Gasteiger charge is -2.22. The summed E-state index contributed by atoms with van der Waals surface area (Å²) in [4.78, 5) is 27.8. The second-order valence-corrected chi connectivity index (χ2v) is 7.60. The molecule has 1 amide bonds. The van der Waals surface area contributed by atoms with Gasteiger partial charge in [-0.3, -0.25) is 4.79 Å². The number of rotatable bonds is 4. The van der Waals surface area contributed by atoms with Gasteiger partial charge in [0.2, 0.25) is 5.91 Å². The van der Waals surface area contributed by atoms with Crippen LogP contribution in [0.5, 0.6) is 0 Å². The van der Waals surface area contributed by atoms with E-state index in [2.05, 4.69) is 10.2 Å². The summed E-state index contributed by atoms with van der Waals surface area (Å²) in [5.74, 6) is -0.707. The highest BCUT2D eigenvalue weighted by Gasteiger charge is 2.28. The molecular formula is C19H19ClN2O3S. The zero-order valence-electron chi connectivity index (χ0n) is 14.5. The molecule has 1 aliphatic heterocycles. The first-order valence-electron chi connectivity index (χ1n) is 8.14. The molecule has 26 heavy (non-hydrogen) atoms. The summed E-state index contributed by atoms with van der Waals surface area (Å²) >= 11 is 7.29. The van der Waals surface area contributed by atoms with Crippen LogP contribution >= 0.6 is 22.9 Å². The number of hydrogen-bond donors (Lipinski definition) is 1. The van der Waals surface area contributed by atoms with Gasteiger partial charge in [0.25, 0.3) is 0 Å². The molecule has 0 unspecified atom stereocenters. The molecule has 0 fully saturated rings. The van der Waals surface area contributed by atoms with E-state index in [4.69, 9.17) is 16.3 Å². The van der Waals surface area contributed by atoms with Crippen LogP contribution in [0, 0.1) is 0 Å². The normalized spacial score (nSPS) is 14.3. The first-order chi connectivity index (χ1) is 12.5.